The standard InChI is InChI=1S/C12H15FO/c1-10(14)12(13)9-5-8-11-6-3-2-4-7-11/h2-4,6-7,12H,5,8-9H2,1H3. The first kappa shape index (κ1) is 10.9. The van der Waals surface area contributed by atoms with Crippen molar-refractivity contribution in [2.24, 2.45) is 0 Å². The molecule has 1 atom stereocenters. The fraction of sp³-hybridized carbons (Fsp3) is 0.417. The van der Waals surface area contributed by atoms with Crippen molar-refractivity contribution in [3.8, 4) is 0 Å². The summed E-state index contributed by atoms with van der Waals surface area (Å²) in [5, 5.41) is 0. The molecule has 0 aliphatic rings. The van der Waals surface area contributed by atoms with Crippen molar-refractivity contribution >= 4 is 5.78 Å². The molecule has 1 nitrogen and oxygen atoms in total. The van der Waals surface area contributed by atoms with Crippen LogP contribution >= 0.6 is 0 Å². The summed E-state index contributed by atoms with van der Waals surface area (Å²) >= 11 is 0. The second-order valence-electron chi connectivity index (χ2n) is 3.46. The van der Waals surface area contributed by atoms with E-state index in [1.807, 2.05) is 30.3 Å². The monoisotopic (exact) mass is 194 g/mol. The molecule has 76 valence electrons. The van der Waals surface area contributed by atoms with Crippen LogP contribution in [0.1, 0.15) is 25.3 Å². The van der Waals surface area contributed by atoms with Crippen LogP contribution < -0.4 is 0 Å². The van der Waals surface area contributed by atoms with Crippen LogP contribution in [0.2, 0.25) is 0 Å². The minimum Gasteiger partial charge on any atom is -0.297 e. The molecule has 0 amide bonds. The average Bonchev–Trinajstić information content (AvgIpc) is 2.19. The largest absolute Gasteiger partial charge is 0.297 e. The van der Waals surface area contributed by atoms with E-state index in [0.717, 1.165) is 12.8 Å². The summed E-state index contributed by atoms with van der Waals surface area (Å²) in [7, 11) is 0. The zero-order chi connectivity index (χ0) is 10.4. The summed E-state index contributed by atoms with van der Waals surface area (Å²) in [6.45, 7) is 1.30. The van der Waals surface area contributed by atoms with E-state index in [-0.39, 0.29) is 5.78 Å². The number of carbonyl (C=O) groups excluding carboxylic acids is 1. The predicted octanol–water partition coefficient (Wildman–Crippen LogP) is 2.94. The molecule has 0 aliphatic heterocycles. The third kappa shape index (κ3) is 3.69. The molecule has 1 unspecified atom stereocenters. The number of benzene rings is 1. The van der Waals surface area contributed by atoms with Crippen molar-refractivity contribution in [2.75, 3.05) is 0 Å². The number of aryl methyl sites for hydroxylation is 1. The van der Waals surface area contributed by atoms with E-state index >= 15 is 0 Å². The molecule has 0 aromatic heterocycles. The van der Waals surface area contributed by atoms with Crippen LogP contribution in [0.3, 0.4) is 0 Å². The van der Waals surface area contributed by atoms with Crippen molar-refractivity contribution < 1.29 is 9.18 Å². The second kappa shape index (κ2) is 5.53. The van der Waals surface area contributed by atoms with Gasteiger partial charge in [0.25, 0.3) is 0 Å². The normalized spacial score (nSPS) is 12.4. The van der Waals surface area contributed by atoms with Crippen LogP contribution in [0.25, 0.3) is 0 Å². The molecule has 1 rings (SSSR count). The van der Waals surface area contributed by atoms with Crippen molar-refractivity contribution in [1.29, 1.82) is 0 Å². The zero-order valence-corrected chi connectivity index (χ0v) is 8.37. The van der Waals surface area contributed by atoms with Gasteiger partial charge in [0.1, 0.15) is 0 Å². The highest BCUT2D eigenvalue weighted by atomic mass is 19.1. The lowest BCUT2D eigenvalue weighted by atomic mass is 10.1. The SMILES string of the molecule is CC(=O)C(F)CCCc1ccccc1. The van der Waals surface area contributed by atoms with Crippen LogP contribution in [0.4, 0.5) is 4.39 Å². The summed E-state index contributed by atoms with van der Waals surface area (Å²) in [6, 6.07) is 9.92. The van der Waals surface area contributed by atoms with Crippen molar-refractivity contribution in [3.05, 3.63) is 35.9 Å². The van der Waals surface area contributed by atoms with E-state index in [0.29, 0.717) is 6.42 Å². The highest BCUT2D eigenvalue weighted by molar-refractivity contribution is 5.80. The number of alkyl halides is 1. The van der Waals surface area contributed by atoms with Gasteiger partial charge in [-0.2, -0.15) is 0 Å². The number of halogens is 1. The van der Waals surface area contributed by atoms with Gasteiger partial charge in [-0.15, -0.1) is 0 Å². The van der Waals surface area contributed by atoms with Crippen LogP contribution in [-0.4, -0.2) is 12.0 Å². The van der Waals surface area contributed by atoms with Crippen LogP contribution in [0, 0.1) is 0 Å². The van der Waals surface area contributed by atoms with Gasteiger partial charge in [0, 0.05) is 0 Å². The molecule has 0 fully saturated rings. The average molecular weight is 194 g/mol. The van der Waals surface area contributed by atoms with Gasteiger partial charge in [0.05, 0.1) is 0 Å². The third-order valence-corrected chi connectivity index (χ3v) is 2.21. The van der Waals surface area contributed by atoms with E-state index in [2.05, 4.69) is 0 Å². The summed E-state index contributed by atoms with van der Waals surface area (Å²) in [5.41, 5.74) is 1.20. The Labute approximate surface area is 83.9 Å². The van der Waals surface area contributed by atoms with E-state index in [9.17, 15) is 9.18 Å². The van der Waals surface area contributed by atoms with E-state index in [1.54, 1.807) is 0 Å². The van der Waals surface area contributed by atoms with E-state index < -0.39 is 6.17 Å². The molecule has 2 heteroatoms. The molecule has 14 heavy (non-hydrogen) atoms. The van der Waals surface area contributed by atoms with Gasteiger partial charge < -0.3 is 0 Å². The smallest absolute Gasteiger partial charge is 0.163 e. The molecule has 0 saturated carbocycles. The summed E-state index contributed by atoms with van der Waals surface area (Å²) < 4.78 is 12.9. The Hall–Kier alpha value is -1.18. The second-order valence-corrected chi connectivity index (χ2v) is 3.46. The maximum absolute atomic E-state index is 12.9. The first-order valence-electron chi connectivity index (χ1n) is 4.88. The molecule has 0 spiro atoms. The fourth-order valence-corrected chi connectivity index (χ4v) is 1.33. The summed E-state index contributed by atoms with van der Waals surface area (Å²) in [4.78, 5) is 10.6. The highest BCUT2D eigenvalue weighted by Crippen LogP contribution is 2.08. The lowest BCUT2D eigenvalue weighted by Gasteiger charge is -2.03. The van der Waals surface area contributed by atoms with Gasteiger partial charge in [0.2, 0.25) is 0 Å². The Morgan fingerprint density at radius 1 is 1.36 bits per heavy atom. The lowest BCUT2D eigenvalue weighted by molar-refractivity contribution is -0.121. The molecule has 0 aliphatic carbocycles. The van der Waals surface area contributed by atoms with Crippen LogP contribution in [-0.2, 0) is 11.2 Å². The lowest BCUT2D eigenvalue weighted by Crippen LogP contribution is -2.11. The number of hydrogen-bond donors (Lipinski definition) is 0. The zero-order valence-electron chi connectivity index (χ0n) is 8.37. The molecule has 0 heterocycles. The first-order chi connectivity index (χ1) is 6.70. The molecular weight excluding hydrogens is 179 g/mol. The minimum absolute atomic E-state index is 0.338. The molecular formula is C12H15FO. The Kier molecular flexibility index (Phi) is 4.30. The van der Waals surface area contributed by atoms with Gasteiger partial charge in [-0.25, -0.2) is 4.39 Å². The molecule has 0 bridgehead atoms. The Morgan fingerprint density at radius 2 is 2.00 bits per heavy atom. The maximum atomic E-state index is 12.9. The Bertz CT molecular complexity index is 282. The first-order valence-corrected chi connectivity index (χ1v) is 4.88. The van der Waals surface area contributed by atoms with Crippen molar-refractivity contribution in [1.82, 2.24) is 0 Å². The number of Topliss-reactive ketones (excluding diaryl/α,β-unsaturated/α-hetero) is 1. The molecule has 0 radical (unpaired) electrons. The molecule has 1 aromatic rings. The molecule has 0 N–H and O–H groups in total. The third-order valence-electron chi connectivity index (χ3n) is 2.21. The molecule has 1 aromatic carbocycles. The van der Waals surface area contributed by atoms with Gasteiger partial charge >= 0.3 is 0 Å². The highest BCUT2D eigenvalue weighted by Gasteiger charge is 2.10. The van der Waals surface area contributed by atoms with Crippen LogP contribution in [0.15, 0.2) is 30.3 Å². The molecule has 0 saturated heterocycles. The van der Waals surface area contributed by atoms with E-state index in [1.165, 1.54) is 12.5 Å². The Morgan fingerprint density at radius 3 is 2.57 bits per heavy atom. The summed E-state index contributed by atoms with van der Waals surface area (Å²) in [5.74, 6) is -0.363. The van der Waals surface area contributed by atoms with E-state index in [4.69, 9.17) is 0 Å². The number of carbonyl (C=O) groups is 1. The minimum atomic E-state index is -1.28. The number of rotatable bonds is 5. The van der Waals surface area contributed by atoms with Crippen LogP contribution in [0.5, 0.6) is 0 Å². The van der Waals surface area contributed by atoms with Gasteiger partial charge in [-0.3, -0.25) is 4.79 Å². The predicted molar refractivity (Wildman–Crippen MR) is 55.0 cm³/mol. The number of hydrogen-bond acceptors (Lipinski definition) is 1. The summed E-state index contributed by atoms with van der Waals surface area (Å²) in [6.07, 6.45) is 0.627. The van der Waals surface area contributed by atoms with Crippen molar-refractivity contribution in [2.45, 2.75) is 32.4 Å². The van der Waals surface area contributed by atoms with Gasteiger partial charge in [-0.05, 0) is 31.7 Å². The topological polar surface area (TPSA) is 17.1 Å². The van der Waals surface area contributed by atoms with Crippen molar-refractivity contribution in [3.63, 3.8) is 0 Å². The quantitative estimate of drug-likeness (QED) is 0.704. The fourth-order valence-electron chi connectivity index (χ4n) is 1.33. The van der Waals surface area contributed by atoms with Gasteiger partial charge in [0.15, 0.2) is 12.0 Å². The number of ketones is 1. The Balaban J connectivity index is 2.26. The van der Waals surface area contributed by atoms with Gasteiger partial charge in [-0.1, -0.05) is 30.3 Å². The maximum Gasteiger partial charge on any atom is 0.163 e.